The van der Waals surface area contributed by atoms with Gasteiger partial charge < -0.3 is 4.57 Å². The zero-order chi connectivity index (χ0) is 15.1. The molecule has 4 nitrogen and oxygen atoms in total. The first kappa shape index (κ1) is 14.6. The van der Waals surface area contributed by atoms with Crippen molar-refractivity contribution >= 4 is 21.6 Å². The highest BCUT2D eigenvalue weighted by Gasteiger charge is 2.30. The summed E-state index contributed by atoms with van der Waals surface area (Å²) in [4.78, 5) is 10.5. The summed E-state index contributed by atoms with van der Waals surface area (Å²) in [5.41, 5.74) is -0.352. The molecule has 0 bridgehead atoms. The Hall–Kier alpha value is -1.83. The summed E-state index contributed by atoms with van der Waals surface area (Å²) in [5, 5.41) is 11.0. The maximum absolute atomic E-state index is 12.5. The number of halogens is 4. The van der Waals surface area contributed by atoms with E-state index in [1.165, 1.54) is 22.9 Å². The Labute approximate surface area is 120 Å². The van der Waals surface area contributed by atoms with Gasteiger partial charge in [-0.25, -0.2) is 0 Å². The molecule has 0 radical (unpaired) electrons. The van der Waals surface area contributed by atoms with Gasteiger partial charge in [0.2, 0.25) is 0 Å². The number of aromatic nitrogens is 1. The van der Waals surface area contributed by atoms with E-state index in [2.05, 4.69) is 15.9 Å². The molecule has 2 aromatic rings. The lowest BCUT2D eigenvalue weighted by atomic mass is 10.1. The van der Waals surface area contributed by atoms with Crippen LogP contribution in [-0.2, 0) is 13.2 Å². The molecule has 0 aliphatic heterocycles. The molecular weight excluding hydrogens is 341 g/mol. The van der Waals surface area contributed by atoms with Crippen LogP contribution in [0.15, 0.2) is 35.1 Å². The van der Waals surface area contributed by atoms with Crippen LogP contribution >= 0.6 is 15.9 Å². The number of nitrogens with zero attached hydrogens (tertiary/aromatic N) is 2. The van der Waals surface area contributed by atoms with Crippen molar-refractivity contribution in [3.05, 3.63) is 50.7 Å². The fourth-order valence-electron chi connectivity index (χ4n) is 1.81. The monoisotopic (exact) mass is 348 g/mol. The summed E-state index contributed by atoms with van der Waals surface area (Å²) in [6.45, 7) is 0. The maximum atomic E-state index is 12.5. The lowest BCUT2D eigenvalue weighted by Crippen LogP contribution is -2.04. The van der Waals surface area contributed by atoms with Crippen molar-refractivity contribution in [2.24, 2.45) is 7.05 Å². The highest BCUT2D eigenvalue weighted by atomic mass is 79.9. The summed E-state index contributed by atoms with van der Waals surface area (Å²) in [5.74, 6) is 0. The standard InChI is InChI=1S/C12H8BrF3N2O2/c1-17-6-9(10(11(17)13)18(19)20)7-2-4-8(5-3-7)12(14,15)16/h2-6H,1H3. The third-order valence-electron chi connectivity index (χ3n) is 2.79. The Kier molecular flexibility index (Phi) is 3.59. The first-order valence-electron chi connectivity index (χ1n) is 5.38. The van der Waals surface area contributed by atoms with Crippen molar-refractivity contribution in [2.45, 2.75) is 6.18 Å². The first-order chi connectivity index (χ1) is 9.21. The SMILES string of the molecule is Cn1cc(-c2ccc(C(F)(F)F)cc2)c([N+](=O)[O-])c1Br. The number of alkyl halides is 3. The quantitative estimate of drug-likeness (QED) is 0.597. The van der Waals surface area contributed by atoms with Crippen LogP contribution in [0.4, 0.5) is 18.9 Å². The number of aryl methyl sites for hydroxylation is 1. The van der Waals surface area contributed by atoms with Crippen molar-refractivity contribution < 1.29 is 18.1 Å². The third kappa shape index (κ3) is 2.55. The van der Waals surface area contributed by atoms with E-state index in [1.54, 1.807) is 7.05 Å². The van der Waals surface area contributed by atoms with Gasteiger partial charge in [0, 0.05) is 13.2 Å². The van der Waals surface area contributed by atoms with E-state index in [0.29, 0.717) is 5.56 Å². The van der Waals surface area contributed by atoms with Gasteiger partial charge in [-0.05, 0) is 33.6 Å². The molecule has 106 valence electrons. The van der Waals surface area contributed by atoms with Crippen molar-refractivity contribution in [3.63, 3.8) is 0 Å². The van der Waals surface area contributed by atoms with Crippen LogP contribution in [0.2, 0.25) is 0 Å². The second kappa shape index (κ2) is 4.93. The Morgan fingerprint density at radius 3 is 2.25 bits per heavy atom. The molecule has 0 saturated heterocycles. The van der Waals surface area contributed by atoms with Crippen molar-refractivity contribution in [1.82, 2.24) is 4.57 Å². The molecule has 1 aromatic carbocycles. The molecule has 0 aliphatic carbocycles. The van der Waals surface area contributed by atoms with Gasteiger partial charge in [0.25, 0.3) is 0 Å². The van der Waals surface area contributed by atoms with Crippen LogP contribution in [0.25, 0.3) is 11.1 Å². The molecule has 20 heavy (non-hydrogen) atoms. The Morgan fingerprint density at radius 1 is 1.25 bits per heavy atom. The number of rotatable bonds is 2. The molecule has 1 aromatic heterocycles. The number of hydrogen-bond acceptors (Lipinski definition) is 2. The lowest BCUT2D eigenvalue weighted by Gasteiger charge is -2.06. The molecule has 2 rings (SSSR count). The fraction of sp³-hybridized carbons (Fsp3) is 0.167. The van der Waals surface area contributed by atoms with Gasteiger partial charge in [0.15, 0.2) is 4.60 Å². The minimum atomic E-state index is -4.43. The van der Waals surface area contributed by atoms with Gasteiger partial charge >= 0.3 is 11.9 Å². The second-order valence-corrected chi connectivity index (χ2v) is 4.88. The van der Waals surface area contributed by atoms with E-state index in [0.717, 1.165) is 12.1 Å². The van der Waals surface area contributed by atoms with Crippen LogP contribution in [0.5, 0.6) is 0 Å². The Bertz CT molecular complexity index is 663. The van der Waals surface area contributed by atoms with Crippen molar-refractivity contribution in [2.75, 3.05) is 0 Å². The molecule has 0 saturated carbocycles. The summed E-state index contributed by atoms with van der Waals surface area (Å²) in [6.07, 6.45) is -2.94. The van der Waals surface area contributed by atoms with Crippen LogP contribution in [-0.4, -0.2) is 9.49 Å². The number of benzene rings is 1. The summed E-state index contributed by atoms with van der Waals surface area (Å²) >= 11 is 3.09. The molecule has 8 heteroatoms. The zero-order valence-electron chi connectivity index (χ0n) is 10.1. The van der Waals surface area contributed by atoms with Gasteiger partial charge in [0.05, 0.1) is 16.1 Å². The van der Waals surface area contributed by atoms with E-state index >= 15 is 0 Å². The van der Waals surface area contributed by atoms with E-state index < -0.39 is 16.7 Å². The van der Waals surface area contributed by atoms with Gasteiger partial charge in [-0.1, -0.05) is 12.1 Å². The molecular formula is C12H8BrF3N2O2. The minimum absolute atomic E-state index is 0.174. The van der Waals surface area contributed by atoms with Crippen LogP contribution in [0, 0.1) is 10.1 Å². The first-order valence-corrected chi connectivity index (χ1v) is 6.18. The largest absolute Gasteiger partial charge is 0.416 e. The van der Waals surface area contributed by atoms with Gasteiger partial charge in [-0.15, -0.1) is 0 Å². The maximum Gasteiger partial charge on any atom is 0.416 e. The predicted octanol–water partition coefficient (Wildman–Crippen LogP) is 4.38. The predicted molar refractivity (Wildman–Crippen MR) is 70.2 cm³/mol. The number of nitro groups is 1. The van der Waals surface area contributed by atoms with Crippen LogP contribution in [0.3, 0.4) is 0 Å². The highest BCUT2D eigenvalue weighted by Crippen LogP contribution is 2.38. The van der Waals surface area contributed by atoms with Crippen molar-refractivity contribution in [1.29, 1.82) is 0 Å². The van der Waals surface area contributed by atoms with E-state index in [4.69, 9.17) is 0 Å². The summed E-state index contributed by atoms with van der Waals surface area (Å²) in [6, 6.07) is 4.25. The molecule has 0 fully saturated rings. The van der Waals surface area contributed by atoms with Gasteiger partial charge in [-0.3, -0.25) is 10.1 Å². The molecule has 0 unspecified atom stereocenters. The summed E-state index contributed by atoms with van der Waals surface area (Å²) in [7, 11) is 1.60. The van der Waals surface area contributed by atoms with Crippen LogP contribution < -0.4 is 0 Å². The van der Waals surface area contributed by atoms with Crippen molar-refractivity contribution in [3.8, 4) is 11.1 Å². The van der Waals surface area contributed by atoms with Gasteiger partial charge in [0.1, 0.15) is 0 Å². The highest BCUT2D eigenvalue weighted by molar-refractivity contribution is 9.10. The van der Waals surface area contributed by atoms with E-state index in [-0.39, 0.29) is 15.9 Å². The minimum Gasteiger partial charge on any atom is -0.339 e. The lowest BCUT2D eigenvalue weighted by molar-refractivity contribution is -0.385. The molecule has 0 aliphatic rings. The van der Waals surface area contributed by atoms with E-state index in [9.17, 15) is 23.3 Å². The number of hydrogen-bond donors (Lipinski definition) is 0. The third-order valence-corrected chi connectivity index (χ3v) is 3.72. The fourth-order valence-corrected chi connectivity index (χ4v) is 2.27. The molecule has 1 heterocycles. The van der Waals surface area contributed by atoms with E-state index in [1.807, 2.05) is 0 Å². The average Bonchev–Trinajstić information content (AvgIpc) is 2.65. The Balaban J connectivity index is 2.53. The van der Waals surface area contributed by atoms with Crippen LogP contribution in [0.1, 0.15) is 5.56 Å². The topological polar surface area (TPSA) is 48.1 Å². The van der Waals surface area contributed by atoms with Gasteiger partial charge in [-0.2, -0.15) is 13.2 Å². The smallest absolute Gasteiger partial charge is 0.339 e. The second-order valence-electron chi connectivity index (χ2n) is 4.13. The average molecular weight is 349 g/mol. The summed E-state index contributed by atoms with van der Waals surface area (Å²) < 4.78 is 39.2. The molecule has 0 N–H and O–H groups in total. The molecule has 0 amide bonds. The normalized spacial score (nSPS) is 11.7. The molecule has 0 atom stereocenters. The molecule has 0 spiro atoms. The Morgan fingerprint density at radius 2 is 1.80 bits per heavy atom. The zero-order valence-corrected chi connectivity index (χ0v) is 11.7.